The third kappa shape index (κ3) is 2.70. The van der Waals surface area contributed by atoms with Crippen LogP contribution < -0.4 is 4.74 Å². The monoisotopic (exact) mass is 265 g/mol. The van der Waals surface area contributed by atoms with E-state index < -0.39 is 4.92 Å². The Morgan fingerprint density at radius 2 is 1.83 bits per heavy atom. The molecule has 2 aromatic carbocycles. The molecular weight excluding hydrogens is 258 g/mol. The van der Waals surface area contributed by atoms with Gasteiger partial charge in [0.25, 0.3) is 5.69 Å². The van der Waals surface area contributed by atoms with Crippen molar-refractivity contribution in [2.24, 2.45) is 0 Å². The number of nitro benzene ring substituents is 1. The molecular formula is C12H8ClNO4. The third-order valence-corrected chi connectivity index (χ3v) is 2.49. The molecule has 0 heterocycles. The highest BCUT2D eigenvalue weighted by molar-refractivity contribution is 6.32. The largest absolute Gasteiger partial charge is 0.508 e. The molecule has 0 fully saturated rings. The van der Waals surface area contributed by atoms with Gasteiger partial charge in [-0.3, -0.25) is 10.1 Å². The van der Waals surface area contributed by atoms with Crippen molar-refractivity contribution in [3.63, 3.8) is 0 Å². The molecule has 2 rings (SSSR count). The number of non-ortho nitro benzene ring substituents is 1. The van der Waals surface area contributed by atoms with Gasteiger partial charge in [-0.25, -0.2) is 0 Å². The lowest BCUT2D eigenvalue weighted by atomic mass is 10.3. The van der Waals surface area contributed by atoms with Crippen molar-refractivity contribution in [1.29, 1.82) is 0 Å². The molecule has 0 aliphatic rings. The standard InChI is InChI=1S/C12H8ClNO4/c13-11-7-8(14(16)17)1-6-12(11)18-10-4-2-9(15)3-5-10/h1-7,15H. The van der Waals surface area contributed by atoms with E-state index in [1.807, 2.05) is 0 Å². The molecule has 92 valence electrons. The summed E-state index contributed by atoms with van der Waals surface area (Å²) < 4.78 is 5.43. The summed E-state index contributed by atoms with van der Waals surface area (Å²) in [7, 11) is 0. The highest BCUT2D eigenvalue weighted by Gasteiger charge is 2.10. The van der Waals surface area contributed by atoms with Crippen molar-refractivity contribution in [3.8, 4) is 17.2 Å². The van der Waals surface area contributed by atoms with Gasteiger partial charge in [-0.1, -0.05) is 11.6 Å². The Morgan fingerprint density at radius 1 is 1.17 bits per heavy atom. The molecule has 0 saturated heterocycles. The molecule has 0 bridgehead atoms. The van der Waals surface area contributed by atoms with Crippen LogP contribution in [0.2, 0.25) is 5.02 Å². The normalized spacial score (nSPS) is 10.1. The average molecular weight is 266 g/mol. The maximum absolute atomic E-state index is 10.5. The first-order chi connectivity index (χ1) is 8.56. The van der Waals surface area contributed by atoms with Gasteiger partial charge >= 0.3 is 0 Å². The number of rotatable bonds is 3. The summed E-state index contributed by atoms with van der Waals surface area (Å²) in [6.07, 6.45) is 0. The second kappa shape index (κ2) is 4.93. The van der Waals surface area contributed by atoms with Crippen molar-refractivity contribution >= 4 is 17.3 Å². The first-order valence-electron chi connectivity index (χ1n) is 4.97. The predicted molar refractivity (Wildman–Crippen MR) is 66.3 cm³/mol. The van der Waals surface area contributed by atoms with Crippen LogP contribution in [-0.4, -0.2) is 10.0 Å². The zero-order valence-corrected chi connectivity index (χ0v) is 9.79. The number of benzene rings is 2. The van der Waals surface area contributed by atoms with Crippen LogP contribution in [-0.2, 0) is 0 Å². The zero-order chi connectivity index (χ0) is 13.1. The summed E-state index contributed by atoms with van der Waals surface area (Å²) in [5.41, 5.74) is -0.0990. The molecule has 0 unspecified atom stereocenters. The number of phenolic OH excluding ortho intramolecular Hbond substituents is 1. The first kappa shape index (κ1) is 12.2. The molecule has 18 heavy (non-hydrogen) atoms. The van der Waals surface area contributed by atoms with Crippen LogP contribution in [0.5, 0.6) is 17.2 Å². The minimum Gasteiger partial charge on any atom is -0.508 e. The average Bonchev–Trinajstić information content (AvgIpc) is 2.34. The van der Waals surface area contributed by atoms with Gasteiger partial charge in [-0.2, -0.15) is 0 Å². The Labute approximate surface area is 107 Å². The minimum absolute atomic E-state index is 0.0990. The highest BCUT2D eigenvalue weighted by Crippen LogP contribution is 2.32. The SMILES string of the molecule is O=[N+]([O-])c1ccc(Oc2ccc(O)cc2)c(Cl)c1. The smallest absolute Gasteiger partial charge is 0.271 e. The third-order valence-electron chi connectivity index (χ3n) is 2.19. The number of aromatic hydroxyl groups is 1. The van der Waals surface area contributed by atoms with E-state index in [0.29, 0.717) is 11.5 Å². The van der Waals surface area contributed by atoms with Gasteiger partial charge < -0.3 is 9.84 Å². The fourth-order valence-electron chi connectivity index (χ4n) is 1.33. The Hall–Kier alpha value is -2.27. The topological polar surface area (TPSA) is 72.6 Å². The van der Waals surface area contributed by atoms with E-state index in [1.165, 1.54) is 30.3 Å². The van der Waals surface area contributed by atoms with Crippen molar-refractivity contribution < 1.29 is 14.8 Å². The second-order valence-corrected chi connectivity index (χ2v) is 3.87. The van der Waals surface area contributed by atoms with E-state index in [4.69, 9.17) is 21.4 Å². The maximum atomic E-state index is 10.5. The number of phenols is 1. The number of nitrogens with zero attached hydrogens (tertiary/aromatic N) is 1. The Morgan fingerprint density at radius 3 is 2.39 bits per heavy atom. The fourth-order valence-corrected chi connectivity index (χ4v) is 1.54. The van der Waals surface area contributed by atoms with Crippen molar-refractivity contribution in [2.75, 3.05) is 0 Å². The lowest BCUT2D eigenvalue weighted by molar-refractivity contribution is -0.384. The summed E-state index contributed by atoms with van der Waals surface area (Å²) >= 11 is 5.88. The molecule has 1 N–H and O–H groups in total. The zero-order valence-electron chi connectivity index (χ0n) is 9.04. The van der Waals surface area contributed by atoms with E-state index >= 15 is 0 Å². The van der Waals surface area contributed by atoms with Crippen LogP contribution in [0.4, 0.5) is 5.69 Å². The number of hydrogen-bond donors (Lipinski definition) is 1. The maximum Gasteiger partial charge on any atom is 0.271 e. The summed E-state index contributed by atoms with van der Waals surface area (Å²) in [6, 6.07) is 10.0. The fraction of sp³-hybridized carbons (Fsp3) is 0. The van der Waals surface area contributed by atoms with Crippen molar-refractivity contribution in [2.45, 2.75) is 0 Å². The molecule has 0 amide bonds. The van der Waals surface area contributed by atoms with Crippen LogP contribution in [0.15, 0.2) is 42.5 Å². The second-order valence-electron chi connectivity index (χ2n) is 3.47. The van der Waals surface area contributed by atoms with Crippen LogP contribution in [0.1, 0.15) is 0 Å². The lowest BCUT2D eigenvalue weighted by Gasteiger charge is -2.07. The van der Waals surface area contributed by atoms with E-state index in [1.54, 1.807) is 12.1 Å². The quantitative estimate of drug-likeness (QED) is 0.678. The van der Waals surface area contributed by atoms with E-state index in [0.717, 1.165) is 0 Å². The van der Waals surface area contributed by atoms with Gasteiger partial charge in [0.05, 0.1) is 9.95 Å². The van der Waals surface area contributed by atoms with Gasteiger partial charge in [-0.05, 0) is 30.3 Å². The molecule has 0 aliphatic carbocycles. The molecule has 5 nitrogen and oxygen atoms in total. The molecule has 0 atom stereocenters. The lowest BCUT2D eigenvalue weighted by Crippen LogP contribution is -1.89. The van der Waals surface area contributed by atoms with E-state index in [9.17, 15) is 10.1 Å². The van der Waals surface area contributed by atoms with Gasteiger partial charge in [0.2, 0.25) is 0 Å². The van der Waals surface area contributed by atoms with Crippen molar-refractivity contribution in [1.82, 2.24) is 0 Å². The molecule has 6 heteroatoms. The number of hydrogen-bond acceptors (Lipinski definition) is 4. The highest BCUT2D eigenvalue weighted by atomic mass is 35.5. The molecule has 0 aromatic heterocycles. The first-order valence-corrected chi connectivity index (χ1v) is 5.35. The number of nitro groups is 1. The summed E-state index contributed by atoms with van der Waals surface area (Å²) in [5.74, 6) is 0.911. The molecule has 2 aromatic rings. The molecule has 0 spiro atoms. The number of halogens is 1. The Balaban J connectivity index is 2.24. The van der Waals surface area contributed by atoms with Crippen LogP contribution >= 0.6 is 11.6 Å². The van der Waals surface area contributed by atoms with Gasteiger partial charge in [0, 0.05) is 12.1 Å². The van der Waals surface area contributed by atoms with Gasteiger partial charge in [-0.15, -0.1) is 0 Å². The Kier molecular flexibility index (Phi) is 3.34. The van der Waals surface area contributed by atoms with Gasteiger partial charge in [0.15, 0.2) is 0 Å². The van der Waals surface area contributed by atoms with E-state index in [-0.39, 0.29) is 16.5 Å². The molecule has 0 radical (unpaired) electrons. The minimum atomic E-state index is -0.532. The summed E-state index contributed by atoms with van der Waals surface area (Å²) in [4.78, 5) is 10.0. The van der Waals surface area contributed by atoms with E-state index in [2.05, 4.69) is 0 Å². The molecule has 0 aliphatic heterocycles. The Bertz CT molecular complexity index is 583. The predicted octanol–water partition coefficient (Wildman–Crippen LogP) is 3.75. The van der Waals surface area contributed by atoms with Crippen LogP contribution in [0.25, 0.3) is 0 Å². The van der Waals surface area contributed by atoms with Gasteiger partial charge in [0.1, 0.15) is 17.2 Å². The van der Waals surface area contributed by atoms with Crippen molar-refractivity contribution in [3.05, 3.63) is 57.6 Å². The summed E-state index contributed by atoms with van der Waals surface area (Å²) in [5, 5.41) is 19.8. The molecule has 0 saturated carbocycles. The summed E-state index contributed by atoms with van der Waals surface area (Å²) in [6.45, 7) is 0. The van der Waals surface area contributed by atoms with Crippen LogP contribution in [0.3, 0.4) is 0 Å². The number of ether oxygens (including phenoxy) is 1. The van der Waals surface area contributed by atoms with Crippen LogP contribution in [0, 0.1) is 10.1 Å².